The fourth-order valence-corrected chi connectivity index (χ4v) is 3.59. The summed E-state index contributed by atoms with van der Waals surface area (Å²) in [7, 11) is 1.49. The van der Waals surface area contributed by atoms with E-state index >= 15 is 0 Å². The highest BCUT2D eigenvalue weighted by Crippen LogP contribution is 2.29. The Morgan fingerprint density at radius 2 is 2.21 bits per heavy atom. The van der Waals surface area contributed by atoms with Crippen LogP contribution in [0.3, 0.4) is 0 Å². The number of hydrogen-bond donors (Lipinski definition) is 0. The molecule has 2 aromatic rings. The lowest BCUT2D eigenvalue weighted by molar-refractivity contribution is -0.145. The number of piperidine rings is 1. The van der Waals surface area contributed by atoms with Crippen LogP contribution in [0.5, 0.6) is 5.75 Å². The van der Waals surface area contributed by atoms with Crippen LogP contribution in [0.1, 0.15) is 44.1 Å². The van der Waals surface area contributed by atoms with Crippen molar-refractivity contribution in [3.05, 3.63) is 35.5 Å². The Morgan fingerprint density at radius 3 is 2.93 bits per heavy atom. The van der Waals surface area contributed by atoms with E-state index in [1.54, 1.807) is 12.1 Å². The molecule has 2 heterocycles. The molecule has 7 heteroatoms. The predicted molar refractivity (Wildman–Crippen MR) is 102 cm³/mol. The topological polar surface area (TPSA) is 64.8 Å². The van der Waals surface area contributed by atoms with Crippen molar-refractivity contribution in [1.29, 1.82) is 0 Å². The van der Waals surface area contributed by atoms with Gasteiger partial charge < -0.3 is 13.9 Å². The van der Waals surface area contributed by atoms with Crippen molar-refractivity contribution in [2.24, 2.45) is 0 Å². The maximum Gasteiger partial charge on any atom is 0.307 e. The summed E-state index contributed by atoms with van der Waals surface area (Å²) >= 11 is 0. The number of halogens is 1. The van der Waals surface area contributed by atoms with Crippen LogP contribution in [0.4, 0.5) is 4.39 Å². The number of carbonyl (C=O) groups is 1. The van der Waals surface area contributed by atoms with Crippen LogP contribution in [0.15, 0.2) is 22.6 Å². The van der Waals surface area contributed by atoms with Gasteiger partial charge in [-0.2, -0.15) is 0 Å². The summed E-state index contributed by atoms with van der Waals surface area (Å²) < 4.78 is 30.2. The molecule has 1 aliphatic rings. The highest BCUT2D eigenvalue weighted by atomic mass is 19.1. The van der Waals surface area contributed by atoms with Crippen molar-refractivity contribution >= 4 is 5.97 Å². The Morgan fingerprint density at radius 1 is 1.39 bits per heavy atom. The largest absolute Gasteiger partial charge is 0.497 e. The summed E-state index contributed by atoms with van der Waals surface area (Å²) in [6.07, 6.45) is 3.51. The first-order valence-electron chi connectivity index (χ1n) is 9.71. The molecule has 0 radical (unpaired) electrons. The number of rotatable bonds is 7. The van der Waals surface area contributed by atoms with Gasteiger partial charge in [0.25, 0.3) is 0 Å². The molecule has 6 nitrogen and oxygen atoms in total. The first-order chi connectivity index (χ1) is 13.5. The first kappa shape index (κ1) is 20.3. The van der Waals surface area contributed by atoms with Gasteiger partial charge in [0, 0.05) is 18.7 Å². The standard InChI is InChI=1S/C21H27FN2O4/c1-4-27-20(25)11-15-7-5-6-10-24(15)13-19-14(2)28-21(23-19)17-9-8-16(26-3)12-18(17)22/h8-9,12,15H,4-7,10-11,13H2,1-3H3/t15-/m1/s1. The third-order valence-corrected chi connectivity index (χ3v) is 5.11. The molecule has 0 bridgehead atoms. The van der Waals surface area contributed by atoms with Crippen molar-refractivity contribution in [2.45, 2.75) is 52.1 Å². The zero-order chi connectivity index (χ0) is 20.1. The third-order valence-electron chi connectivity index (χ3n) is 5.11. The van der Waals surface area contributed by atoms with E-state index in [0.29, 0.717) is 36.6 Å². The van der Waals surface area contributed by atoms with Crippen LogP contribution < -0.4 is 4.74 Å². The molecule has 1 aliphatic heterocycles. The van der Waals surface area contributed by atoms with E-state index in [2.05, 4.69) is 9.88 Å². The Bertz CT molecular complexity index is 821. The molecule has 0 amide bonds. The number of carbonyl (C=O) groups excluding carboxylic acids is 1. The van der Waals surface area contributed by atoms with Gasteiger partial charge >= 0.3 is 5.97 Å². The molecule has 28 heavy (non-hydrogen) atoms. The molecule has 1 aromatic heterocycles. The van der Waals surface area contributed by atoms with Crippen molar-refractivity contribution in [2.75, 3.05) is 20.3 Å². The molecule has 152 valence electrons. The minimum absolute atomic E-state index is 0.130. The lowest BCUT2D eigenvalue weighted by Crippen LogP contribution is -2.40. The summed E-state index contributed by atoms with van der Waals surface area (Å²) in [4.78, 5) is 18.7. The number of esters is 1. The van der Waals surface area contributed by atoms with Gasteiger partial charge in [0.1, 0.15) is 17.3 Å². The molecular weight excluding hydrogens is 363 g/mol. The Balaban J connectivity index is 1.76. The molecule has 0 aliphatic carbocycles. The quantitative estimate of drug-likeness (QED) is 0.663. The number of methoxy groups -OCH3 is 1. The normalized spacial score (nSPS) is 17.5. The average molecular weight is 390 g/mol. The Labute approximate surface area is 164 Å². The highest BCUT2D eigenvalue weighted by Gasteiger charge is 2.27. The van der Waals surface area contributed by atoms with E-state index in [-0.39, 0.29) is 17.9 Å². The van der Waals surface area contributed by atoms with Gasteiger partial charge in [-0.25, -0.2) is 9.37 Å². The second-order valence-electron chi connectivity index (χ2n) is 7.00. The van der Waals surface area contributed by atoms with Gasteiger partial charge in [-0.1, -0.05) is 6.42 Å². The Kier molecular flexibility index (Phi) is 6.67. The summed E-state index contributed by atoms with van der Waals surface area (Å²) in [5.74, 6) is 0.750. The first-order valence-corrected chi connectivity index (χ1v) is 9.71. The summed E-state index contributed by atoms with van der Waals surface area (Å²) in [5, 5.41) is 0. The van der Waals surface area contributed by atoms with Crippen LogP contribution in [-0.2, 0) is 16.1 Å². The van der Waals surface area contributed by atoms with Crippen LogP contribution >= 0.6 is 0 Å². The van der Waals surface area contributed by atoms with Gasteiger partial charge in [0.15, 0.2) is 0 Å². The monoisotopic (exact) mass is 390 g/mol. The molecule has 3 rings (SSSR count). The zero-order valence-electron chi connectivity index (χ0n) is 16.7. The second-order valence-corrected chi connectivity index (χ2v) is 7.00. The summed E-state index contributed by atoms with van der Waals surface area (Å²) in [5.41, 5.74) is 1.07. The fourth-order valence-electron chi connectivity index (χ4n) is 3.59. The molecule has 1 fully saturated rings. The van der Waals surface area contributed by atoms with Gasteiger partial charge in [-0.15, -0.1) is 0 Å². The van der Waals surface area contributed by atoms with Gasteiger partial charge in [0.2, 0.25) is 5.89 Å². The maximum absolute atomic E-state index is 14.4. The smallest absolute Gasteiger partial charge is 0.307 e. The van der Waals surface area contributed by atoms with E-state index < -0.39 is 5.82 Å². The van der Waals surface area contributed by atoms with E-state index in [1.165, 1.54) is 13.2 Å². The lowest BCUT2D eigenvalue weighted by atomic mass is 9.99. The van der Waals surface area contributed by atoms with E-state index in [1.807, 2.05) is 13.8 Å². The number of aryl methyl sites for hydroxylation is 1. The molecule has 1 atom stereocenters. The molecule has 1 aromatic carbocycles. The van der Waals surface area contributed by atoms with Gasteiger partial charge in [-0.05, 0) is 45.4 Å². The van der Waals surface area contributed by atoms with E-state index in [9.17, 15) is 9.18 Å². The van der Waals surface area contributed by atoms with Gasteiger partial charge in [0.05, 0.1) is 31.4 Å². The van der Waals surface area contributed by atoms with E-state index in [0.717, 1.165) is 31.5 Å². The number of ether oxygens (including phenoxy) is 2. The predicted octanol–water partition coefficient (Wildman–Crippen LogP) is 4.11. The van der Waals surface area contributed by atoms with E-state index in [4.69, 9.17) is 13.9 Å². The molecule has 0 spiro atoms. The number of aromatic nitrogens is 1. The summed E-state index contributed by atoms with van der Waals surface area (Å²) in [6, 6.07) is 4.73. The van der Waals surface area contributed by atoms with Gasteiger partial charge in [-0.3, -0.25) is 9.69 Å². The van der Waals surface area contributed by atoms with Crippen molar-refractivity contribution < 1.29 is 23.1 Å². The average Bonchev–Trinajstić information content (AvgIpc) is 3.03. The second kappa shape index (κ2) is 9.19. The van der Waals surface area contributed by atoms with Crippen molar-refractivity contribution in [1.82, 2.24) is 9.88 Å². The lowest BCUT2D eigenvalue weighted by Gasteiger charge is -2.34. The summed E-state index contributed by atoms with van der Waals surface area (Å²) in [6.45, 7) is 5.50. The van der Waals surface area contributed by atoms with Crippen molar-refractivity contribution in [3.8, 4) is 17.2 Å². The minimum atomic E-state index is -0.440. The zero-order valence-corrected chi connectivity index (χ0v) is 16.7. The highest BCUT2D eigenvalue weighted by molar-refractivity contribution is 5.70. The number of nitrogens with zero attached hydrogens (tertiary/aromatic N) is 2. The number of likely N-dealkylation sites (tertiary alicyclic amines) is 1. The van der Waals surface area contributed by atoms with Crippen LogP contribution in [-0.4, -0.2) is 42.2 Å². The van der Waals surface area contributed by atoms with Crippen molar-refractivity contribution in [3.63, 3.8) is 0 Å². The molecule has 0 unspecified atom stereocenters. The molecular formula is C21H27FN2O4. The molecule has 1 saturated heterocycles. The van der Waals surface area contributed by atoms with Crippen LogP contribution in [0, 0.1) is 12.7 Å². The number of hydrogen-bond acceptors (Lipinski definition) is 6. The van der Waals surface area contributed by atoms with Crippen LogP contribution in [0.25, 0.3) is 11.5 Å². The third kappa shape index (κ3) is 4.70. The minimum Gasteiger partial charge on any atom is -0.497 e. The van der Waals surface area contributed by atoms with Crippen LogP contribution in [0.2, 0.25) is 0 Å². The SMILES string of the molecule is CCOC(=O)C[C@H]1CCCCN1Cc1nc(-c2ccc(OC)cc2F)oc1C. The number of benzene rings is 1. The Hall–Kier alpha value is -2.41. The fraction of sp³-hybridized carbons (Fsp3) is 0.524. The molecule has 0 saturated carbocycles. The number of oxazole rings is 1. The maximum atomic E-state index is 14.4. The molecule has 0 N–H and O–H groups in total.